The first-order valence-corrected chi connectivity index (χ1v) is 5.24. The van der Waals surface area contributed by atoms with Gasteiger partial charge in [-0.05, 0) is 24.3 Å². The van der Waals surface area contributed by atoms with E-state index in [1.165, 1.54) is 0 Å². The first-order valence-electron chi connectivity index (χ1n) is 5.24. The van der Waals surface area contributed by atoms with Crippen molar-refractivity contribution < 1.29 is 23.8 Å². The monoisotopic (exact) mass is 265 g/mol. The van der Waals surface area contributed by atoms with Gasteiger partial charge in [-0.1, -0.05) is 0 Å². The molecule has 0 aliphatic rings. The number of aromatic hydroxyl groups is 2. The molecular weight excluding hydrogens is 256 g/mol. The summed E-state index contributed by atoms with van der Waals surface area (Å²) in [7, 11) is 0. The summed E-state index contributed by atoms with van der Waals surface area (Å²) in [5.74, 6) is -2.95. The lowest BCUT2D eigenvalue weighted by Gasteiger charge is -2.06. The fraction of sp³-hybridized carbons (Fsp3) is 0. The van der Waals surface area contributed by atoms with Gasteiger partial charge in [0.05, 0.1) is 0 Å². The first-order chi connectivity index (χ1) is 8.94. The highest BCUT2D eigenvalue weighted by Gasteiger charge is 2.10. The van der Waals surface area contributed by atoms with E-state index in [9.17, 15) is 23.8 Å². The molecule has 0 aliphatic carbocycles. The fourth-order valence-corrected chi connectivity index (χ4v) is 1.56. The third kappa shape index (κ3) is 3.19. The molecule has 0 aromatic heterocycles. The smallest absolute Gasteiger partial charge is 0.255 e. The third-order valence-corrected chi connectivity index (χ3v) is 2.29. The molecule has 2 aromatic rings. The van der Waals surface area contributed by atoms with E-state index in [1.54, 1.807) is 0 Å². The second-order valence-electron chi connectivity index (χ2n) is 3.85. The van der Waals surface area contributed by atoms with Crippen LogP contribution in [0.5, 0.6) is 11.5 Å². The molecule has 0 aliphatic heterocycles. The molecule has 2 aromatic carbocycles. The lowest BCUT2D eigenvalue weighted by atomic mass is 10.2. The number of carbonyl (C=O) groups excluding carboxylic acids is 1. The van der Waals surface area contributed by atoms with Crippen molar-refractivity contribution in [2.24, 2.45) is 0 Å². The lowest BCUT2D eigenvalue weighted by Crippen LogP contribution is -2.12. The predicted octanol–water partition coefficient (Wildman–Crippen LogP) is 2.63. The van der Waals surface area contributed by atoms with Crippen LogP contribution in [0.1, 0.15) is 10.4 Å². The molecule has 3 N–H and O–H groups in total. The molecule has 2 rings (SSSR count). The number of hydrogen-bond donors (Lipinski definition) is 3. The van der Waals surface area contributed by atoms with Gasteiger partial charge >= 0.3 is 0 Å². The maximum atomic E-state index is 12.9. The van der Waals surface area contributed by atoms with Gasteiger partial charge in [0, 0.05) is 23.4 Å². The van der Waals surface area contributed by atoms with Crippen molar-refractivity contribution in [1.29, 1.82) is 0 Å². The average Bonchev–Trinajstić information content (AvgIpc) is 2.25. The Morgan fingerprint density at radius 2 is 1.42 bits per heavy atom. The minimum absolute atomic E-state index is 0.0397. The number of benzene rings is 2. The molecule has 19 heavy (non-hydrogen) atoms. The minimum atomic E-state index is -0.825. The second-order valence-corrected chi connectivity index (χ2v) is 3.85. The SMILES string of the molecule is O=C(Nc1cc(F)cc(F)c1)c1cc(O)cc(O)c1. The van der Waals surface area contributed by atoms with E-state index in [4.69, 9.17) is 0 Å². The molecule has 0 saturated heterocycles. The molecule has 0 fully saturated rings. The van der Waals surface area contributed by atoms with Crippen LogP contribution in [0.3, 0.4) is 0 Å². The maximum Gasteiger partial charge on any atom is 0.255 e. The van der Waals surface area contributed by atoms with Gasteiger partial charge in [0.15, 0.2) is 0 Å². The van der Waals surface area contributed by atoms with Gasteiger partial charge in [-0.25, -0.2) is 8.78 Å². The van der Waals surface area contributed by atoms with E-state index in [1.807, 2.05) is 0 Å². The Balaban J connectivity index is 2.25. The van der Waals surface area contributed by atoms with Gasteiger partial charge in [-0.15, -0.1) is 0 Å². The quantitative estimate of drug-likeness (QED) is 0.781. The Morgan fingerprint density at radius 1 is 0.895 bits per heavy atom. The van der Waals surface area contributed by atoms with Crippen LogP contribution < -0.4 is 5.32 Å². The molecule has 98 valence electrons. The van der Waals surface area contributed by atoms with E-state index >= 15 is 0 Å². The molecule has 0 radical (unpaired) electrons. The zero-order valence-corrected chi connectivity index (χ0v) is 9.52. The van der Waals surface area contributed by atoms with Crippen LogP contribution in [0.25, 0.3) is 0 Å². The summed E-state index contributed by atoms with van der Waals surface area (Å²) in [6.07, 6.45) is 0. The van der Waals surface area contributed by atoms with Crippen molar-refractivity contribution in [2.45, 2.75) is 0 Å². The molecule has 0 unspecified atom stereocenters. The highest BCUT2D eigenvalue weighted by molar-refractivity contribution is 6.04. The maximum absolute atomic E-state index is 12.9. The molecule has 0 spiro atoms. The minimum Gasteiger partial charge on any atom is -0.508 e. The van der Waals surface area contributed by atoms with Crippen LogP contribution in [-0.2, 0) is 0 Å². The van der Waals surface area contributed by atoms with Crippen molar-refractivity contribution in [3.8, 4) is 11.5 Å². The predicted molar refractivity (Wildman–Crippen MR) is 64.1 cm³/mol. The van der Waals surface area contributed by atoms with Crippen LogP contribution in [0.15, 0.2) is 36.4 Å². The number of phenols is 2. The molecule has 0 heterocycles. The standard InChI is InChI=1S/C13H9F2NO3/c14-8-3-9(15)5-10(4-8)16-13(19)7-1-11(17)6-12(18)2-7/h1-6,17-18H,(H,16,19). The molecule has 0 bridgehead atoms. The van der Waals surface area contributed by atoms with Gasteiger partial charge < -0.3 is 15.5 Å². The Kier molecular flexibility index (Phi) is 3.33. The fourth-order valence-electron chi connectivity index (χ4n) is 1.56. The Morgan fingerprint density at radius 3 is 1.95 bits per heavy atom. The summed E-state index contributed by atoms with van der Waals surface area (Å²) in [6, 6.07) is 5.86. The molecule has 4 nitrogen and oxygen atoms in total. The topological polar surface area (TPSA) is 69.6 Å². The van der Waals surface area contributed by atoms with Crippen LogP contribution in [0.2, 0.25) is 0 Å². The highest BCUT2D eigenvalue weighted by Crippen LogP contribution is 2.21. The van der Waals surface area contributed by atoms with Crippen molar-refractivity contribution >= 4 is 11.6 Å². The van der Waals surface area contributed by atoms with Gasteiger partial charge in [0.1, 0.15) is 23.1 Å². The molecule has 0 saturated carbocycles. The highest BCUT2D eigenvalue weighted by atomic mass is 19.1. The van der Waals surface area contributed by atoms with Gasteiger partial charge in [-0.2, -0.15) is 0 Å². The number of hydrogen-bond acceptors (Lipinski definition) is 3. The average molecular weight is 265 g/mol. The van der Waals surface area contributed by atoms with Crippen LogP contribution in [-0.4, -0.2) is 16.1 Å². The summed E-state index contributed by atoms with van der Waals surface area (Å²) < 4.78 is 25.9. The second kappa shape index (κ2) is 4.93. The van der Waals surface area contributed by atoms with Gasteiger partial charge in [0.2, 0.25) is 0 Å². The van der Waals surface area contributed by atoms with Crippen molar-refractivity contribution in [2.75, 3.05) is 5.32 Å². The van der Waals surface area contributed by atoms with Crippen molar-refractivity contribution in [3.05, 3.63) is 53.6 Å². The molecular formula is C13H9F2NO3. The van der Waals surface area contributed by atoms with Gasteiger partial charge in [-0.3, -0.25) is 4.79 Å². The summed E-state index contributed by atoms with van der Waals surface area (Å²) in [5, 5.41) is 20.7. The zero-order valence-electron chi connectivity index (χ0n) is 9.52. The number of carbonyl (C=O) groups is 1. The number of rotatable bonds is 2. The number of amides is 1. The summed E-state index contributed by atoms with van der Waals surface area (Å²) in [6.45, 7) is 0. The molecule has 6 heteroatoms. The normalized spacial score (nSPS) is 10.2. The largest absolute Gasteiger partial charge is 0.508 e. The van der Waals surface area contributed by atoms with E-state index < -0.39 is 17.5 Å². The lowest BCUT2D eigenvalue weighted by molar-refractivity contribution is 0.102. The zero-order chi connectivity index (χ0) is 14.0. The Labute approximate surface area is 106 Å². The summed E-state index contributed by atoms with van der Waals surface area (Å²) in [4.78, 5) is 11.8. The Hall–Kier alpha value is -2.63. The van der Waals surface area contributed by atoms with Crippen LogP contribution >= 0.6 is 0 Å². The van der Waals surface area contributed by atoms with E-state index in [-0.39, 0.29) is 22.7 Å². The van der Waals surface area contributed by atoms with Crippen molar-refractivity contribution in [1.82, 2.24) is 0 Å². The van der Waals surface area contributed by atoms with Crippen molar-refractivity contribution in [3.63, 3.8) is 0 Å². The van der Waals surface area contributed by atoms with E-state index in [2.05, 4.69) is 5.32 Å². The van der Waals surface area contributed by atoms with Crippen LogP contribution in [0, 0.1) is 11.6 Å². The van der Waals surface area contributed by atoms with E-state index in [0.29, 0.717) is 6.07 Å². The first kappa shape index (κ1) is 12.8. The number of anilines is 1. The van der Waals surface area contributed by atoms with E-state index in [0.717, 1.165) is 30.3 Å². The third-order valence-electron chi connectivity index (χ3n) is 2.29. The number of nitrogens with one attached hydrogen (secondary N) is 1. The number of halogens is 2. The number of phenolic OH excluding ortho intramolecular Hbond substituents is 2. The summed E-state index contributed by atoms with van der Waals surface area (Å²) in [5.41, 5.74) is -0.104. The summed E-state index contributed by atoms with van der Waals surface area (Å²) >= 11 is 0. The van der Waals surface area contributed by atoms with Crippen LogP contribution in [0.4, 0.5) is 14.5 Å². The Bertz CT molecular complexity index is 603. The molecule has 1 amide bonds. The van der Waals surface area contributed by atoms with Gasteiger partial charge in [0.25, 0.3) is 5.91 Å². The molecule has 0 atom stereocenters.